The molecular formula is C7H8ClN3O. The molecular weight excluding hydrogens is 178 g/mol. The summed E-state index contributed by atoms with van der Waals surface area (Å²) in [5, 5.41) is 3.50. The van der Waals surface area contributed by atoms with E-state index in [2.05, 4.69) is 10.3 Å². The lowest BCUT2D eigenvalue weighted by Crippen LogP contribution is -2.43. The van der Waals surface area contributed by atoms with Gasteiger partial charge in [0.25, 0.3) is 0 Å². The lowest BCUT2D eigenvalue weighted by Gasteiger charge is -2.29. The number of hydrogen-bond acceptors (Lipinski definition) is 3. The zero-order valence-electron chi connectivity index (χ0n) is 6.33. The van der Waals surface area contributed by atoms with Crippen molar-refractivity contribution in [1.82, 2.24) is 14.9 Å². The zero-order valence-corrected chi connectivity index (χ0v) is 7.08. The topological polar surface area (TPSA) is 46.9 Å². The maximum atomic E-state index is 10.5. The van der Waals surface area contributed by atoms with E-state index in [9.17, 15) is 4.79 Å². The Kier molecular flexibility index (Phi) is 1.86. The van der Waals surface area contributed by atoms with E-state index in [0.717, 1.165) is 19.4 Å². The van der Waals surface area contributed by atoms with Gasteiger partial charge in [0.2, 0.25) is 5.28 Å². The Morgan fingerprint density at radius 2 is 2.50 bits per heavy atom. The van der Waals surface area contributed by atoms with Gasteiger partial charge >= 0.3 is 0 Å². The predicted molar refractivity (Wildman–Crippen MR) is 44.5 cm³/mol. The molecule has 4 nitrogen and oxygen atoms in total. The molecule has 0 atom stereocenters. The normalized spacial score (nSPS) is 17.4. The fourth-order valence-corrected chi connectivity index (χ4v) is 1.54. The van der Waals surface area contributed by atoms with Crippen LogP contribution in [0.3, 0.4) is 0 Å². The number of imidazole rings is 1. The number of aromatic nitrogens is 2. The largest absolute Gasteiger partial charge is 0.313 e. The maximum absolute atomic E-state index is 10.5. The molecule has 2 rings (SSSR count). The fraction of sp³-hybridized carbons (Fsp3) is 0.429. The molecule has 1 aromatic heterocycles. The van der Waals surface area contributed by atoms with Crippen LogP contribution in [0.5, 0.6) is 0 Å². The number of nitrogens with zero attached hydrogens (tertiary/aromatic N) is 2. The third-order valence-electron chi connectivity index (χ3n) is 2.03. The molecule has 1 N–H and O–H groups in total. The molecule has 5 heteroatoms. The number of halogens is 1. The summed E-state index contributed by atoms with van der Waals surface area (Å²) < 4.78 is 1.76. The monoisotopic (exact) mass is 185 g/mol. The summed E-state index contributed by atoms with van der Waals surface area (Å²) in [6.45, 7) is 1.72. The summed E-state index contributed by atoms with van der Waals surface area (Å²) >= 11 is 5.80. The van der Waals surface area contributed by atoms with Crippen molar-refractivity contribution in [3.05, 3.63) is 17.2 Å². The first-order chi connectivity index (χ1) is 5.83. The first-order valence-corrected chi connectivity index (χ1v) is 4.09. The van der Waals surface area contributed by atoms with Crippen LogP contribution in [0.2, 0.25) is 5.28 Å². The van der Waals surface area contributed by atoms with Crippen molar-refractivity contribution in [2.45, 2.75) is 6.04 Å². The highest BCUT2D eigenvalue weighted by molar-refractivity contribution is 6.28. The van der Waals surface area contributed by atoms with E-state index >= 15 is 0 Å². The first kappa shape index (κ1) is 7.76. The standard InChI is InChI=1S/C7H8ClN3O/c8-7-10-3-6(4-12)11(7)5-1-9-2-5/h3-5,9H,1-2H2. The molecule has 1 fully saturated rings. The molecule has 1 saturated heterocycles. The molecule has 1 aliphatic rings. The van der Waals surface area contributed by atoms with Gasteiger partial charge in [-0.15, -0.1) is 0 Å². The van der Waals surface area contributed by atoms with Crippen LogP contribution < -0.4 is 5.32 Å². The molecule has 0 bridgehead atoms. The van der Waals surface area contributed by atoms with Crippen LogP contribution in [0.25, 0.3) is 0 Å². The van der Waals surface area contributed by atoms with E-state index < -0.39 is 0 Å². The minimum absolute atomic E-state index is 0.292. The van der Waals surface area contributed by atoms with Gasteiger partial charge in [0.15, 0.2) is 6.29 Å². The van der Waals surface area contributed by atoms with Crippen molar-refractivity contribution in [1.29, 1.82) is 0 Å². The van der Waals surface area contributed by atoms with Crippen molar-refractivity contribution in [3.63, 3.8) is 0 Å². The molecule has 2 heterocycles. The Labute approximate surface area is 74.5 Å². The second-order valence-electron chi connectivity index (χ2n) is 2.75. The van der Waals surface area contributed by atoms with E-state index in [4.69, 9.17) is 11.6 Å². The lowest BCUT2D eigenvalue weighted by molar-refractivity contribution is 0.111. The molecule has 64 valence electrons. The average Bonchev–Trinajstić information content (AvgIpc) is 2.30. The second kappa shape index (κ2) is 2.88. The van der Waals surface area contributed by atoms with E-state index in [1.54, 1.807) is 4.57 Å². The summed E-state index contributed by atoms with van der Waals surface area (Å²) in [6.07, 6.45) is 2.27. The highest BCUT2D eigenvalue weighted by Gasteiger charge is 2.23. The van der Waals surface area contributed by atoms with Crippen LogP contribution in [-0.2, 0) is 0 Å². The van der Waals surface area contributed by atoms with Crippen LogP contribution in [0.4, 0.5) is 0 Å². The first-order valence-electron chi connectivity index (χ1n) is 3.71. The quantitative estimate of drug-likeness (QED) is 0.683. The summed E-state index contributed by atoms with van der Waals surface area (Å²) in [4.78, 5) is 14.4. The van der Waals surface area contributed by atoms with Crippen molar-refractivity contribution in [2.75, 3.05) is 13.1 Å². The van der Waals surface area contributed by atoms with Gasteiger partial charge in [-0.3, -0.25) is 4.79 Å². The number of rotatable bonds is 2. The minimum atomic E-state index is 0.292. The summed E-state index contributed by atoms with van der Waals surface area (Å²) in [5.41, 5.74) is 0.548. The zero-order chi connectivity index (χ0) is 8.55. The summed E-state index contributed by atoms with van der Waals surface area (Å²) in [7, 11) is 0. The third-order valence-corrected chi connectivity index (χ3v) is 2.31. The Morgan fingerprint density at radius 3 is 3.00 bits per heavy atom. The van der Waals surface area contributed by atoms with Gasteiger partial charge < -0.3 is 9.88 Å². The molecule has 12 heavy (non-hydrogen) atoms. The minimum Gasteiger partial charge on any atom is -0.313 e. The lowest BCUT2D eigenvalue weighted by atomic mass is 10.2. The second-order valence-corrected chi connectivity index (χ2v) is 3.09. The molecule has 0 aromatic carbocycles. The van der Waals surface area contributed by atoms with Crippen LogP contribution in [0.1, 0.15) is 16.5 Å². The fourth-order valence-electron chi connectivity index (χ4n) is 1.26. The molecule has 0 spiro atoms. The van der Waals surface area contributed by atoms with Gasteiger partial charge in [-0.05, 0) is 11.6 Å². The van der Waals surface area contributed by atoms with Gasteiger partial charge in [0.05, 0.1) is 12.2 Å². The van der Waals surface area contributed by atoms with Crippen molar-refractivity contribution < 1.29 is 4.79 Å². The smallest absolute Gasteiger partial charge is 0.203 e. The van der Waals surface area contributed by atoms with E-state index in [0.29, 0.717) is 17.0 Å². The van der Waals surface area contributed by atoms with Gasteiger partial charge in [0, 0.05) is 13.1 Å². The number of carbonyl (C=O) groups excluding carboxylic acids is 1. The number of carbonyl (C=O) groups is 1. The summed E-state index contributed by atoms with van der Waals surface area (Å²) in [5.74, 6) is 0. The molecule has 0 amide bonds. The maximum Gasteiger partial charge on any atom is 0.203 e. The number of nitrogens with one attached hydrogen (secondary N) is 1. The molecule has 0 radical (unpaired) electrons. The number of hydrogen-bond donors (Lipinski definition) is 1. The van der Waals surface area contributed by atoms with Crippen LogP contribution in [-0.4, -0.2) is 28.9 Å². The molecule has 0 unspecified atom stereocenters. The van der Waals surface area contributed by atoms with Gasteiger partial charge in [-0.25, -0.2) is 4.98 Å². The van der Waals surface area contributed by atoms with Gasteiger partial charge in [0.1, 0.15) is 5.69 Å². The molecule has 0 aliphatic carbocycles. The van der Waals surface area contributed by atoms with E-state index in [1.165, 1.54) is 6.20 Å². The van der Waals surface area contributed by atoms with Crippen molar-refractivity contribution in [3.8, 4) is 0 Å². The van der Waals surface area contributed by atoms with Crippen LogP contribution in [0.15, 0.2) is 6.20 Å². The highest BCUT2D eigenvalue weighted by atomic mass is 35.5. The van der Waals surface area contributed by atoms with Gasteiger partial charge in [-0.1, -0.05) is 0 Å². The SMILES string of the molecule is O=Cc1cnc(Cl)n1C1CNC1. The Hall–Kier alpha value is -0.870. The molecule has 1 aromatic rings. The molecule has 1 aliphatic heterocycles. The highest BCUT2D eigenvalue weighted by Crippen LogP contribution is 2.19. The van der Waals surface area contributed by atoms with Crippen molar-refractivity contribution in [2.24, 2.45) is 0 Å². The number of aldehydes is 1. The Morgan fingerprint density at radius 1 is 1.75 bits per heavy atom. The predicted octanol–water partition coefficient (Wildman–Crippen LogP) is 0.493. The summed E-state index contributed by atoms with van der Waals surface area (Å²) in [6, 6.07) is 0.292. The Bertz CT molecular complexity index is 306. The Balaban J connectivity index is 2.37. The van der Waals surface area contributed by atoms with Gasteiger partial charge in [-0.2, -0.15) is 0 Å². The average molecular weight is 186 g/mol. The van der Waals surface area contributed by atoms with E-state index in [1.807, 2.05) is 0 Å². The molecule has 0 saturated carbocycles. The third kappa shape index (κ3) is 1.04. The van der Waals surface area contributed by atoms with Crippen LogP contribution >= 0.6 is 11.6 Å². The van der Waals surface area contributed by atoms with Crippen LogP contribution in [0, 0.1) is 0 Å². The van der Waals surface area contributed by atoms with Crippen molar-refractivity contribution >= 4 is 17.9 Å². The van der Waals surface area contributed by atoms with E-state index in [-0.39, 0.29) is 0 Å².